The van der Waals surface area contributed by atoms with Gasteiger partial charge in [-0.2, -0.15) is 0 Å². The van der Waals surface area contributed by atoms with Crippen LogP contribution in [-0.2, 0) is 22.4 Å². The van der Waals surface area contributed by atoms with E-state index in [0.717, 1.165) is 36.8 Å². The van der Waals surface area contributed by atoms with Crippen molar-refractivity contribution in [1.82, 2.24) is 0 Å². The molecule has 3 rings (SSSR count). The average Bonchev–Trinajstić information content (AvgIpc) is 3.02. The van der Waals surface area contributed by atoms with Crippen LogP contribution in [0.25, 0.3) is 0 Å². The first-order valence-corrected chi connectivity index (χ1v) is 6.74. The Morgan fingerprint density at radius 1 is 1.53 bits per heavy atom. The van der Waals surface area contributed by atoms with Gasteiger partial charge in [-0.15, -0.1) is 0 Å². The summed E-state index contributed by atoms with van der Waals surface area (Å²) in [5, 5.41) is 0. The SMILES string of the molecule is COC(=O)CCC1CCc2cc(F)c3c(c21)CCO3. The van der Waals surface area contributed by atoms with E-state index >= 15 is 0 Å². The van der Waals surface area contributed by atoms with Crippen molar-refractivity contribution in [3.05, 3.63) is 28.6 Å². The summed E-state index contributed by atoms with van der Waals surface area (Å²) in [6.45, 7) is 0.562. The van der Waals surface area contributed by atoms with Crippen molar-refractivity contribution in [2.75, 3.05) is 13.7 Å². The third-order valence-electron chi connectivity index (χ3n) is 4.16. The molecule has 0 bridgehead atoms. The normalized spacial score (nSPS) is 19.8. The molecule has 0 N–H and O–H groups in total. The Bertz CT molecular complexity index is 525. The molecule has 0 amide bonds. The van der Waals surface area contributed by atoms with E-state index in [2.05, 4.69) is 4.74 Å². The van der Waals surface area contributed by atoms with Gasteiger partial charge in [-0.1, -0.05) is 0 Å². The predicted molar refractivity (Wildman–Crippen MR) is 67.9 cm³/mol. The molecule has 0 radical (unpaired) electrons. The fraction of sp³-hybridized carbons (Fsp3) is 0.533. The molecule has 1 aromatic rings. The number of benzene rings is 1. The van der Waals surface area contributed by atoms with E-state index in [1.807, 2.05) is 0 Å². The van der Waals surface area contributed by atoms with E-state index in [9.17, 15) is 9.18 Å². The van der Waals surface area contributed by atoms with Crippen molar-refractivity contribution in [2.45, 2.75) is 38.0 Å². The number of carbonyl (C=O) groups is 1. The van der Waals surface area contributed by atoms with Gasteiger partial charge in [0, 0.05) is 18.4 Å². The molecule has 1 unspecified atom stereocenters. The van der Waals surface area contributed by atoms with Crippen LogP contribution in [-0.4, -0.2) is 19.7 Å². The van der Waals surface area contributed by atoms with Crippen LogP contribution in [0.3, 0.4) is 0 Å². The summed E-state index contributed by atoms with van der Waals surface area (Å²) in [5.41, 5.74) is 3.36. The van der Waals surface area contributed by atoms with Crippen LogP contribution in [0, 0.1) is 5.82 Å². The molecule has 1 aromatic carbocycles. The average molecular weight is 264 g/mol. The van der Waals surface area contributed by atoms with Gasteiger partial charge in [-0.05, 0) is 42.4 Å². The highest BCUT2D eigenvalue weighted by molar-refractivity contribution is 5.69. The summed E-state index contributed by atoms with van der Waals surface area (Å²) < 4.78 is 23.9. The van der Waals surface area contributed by atoms with Crippen molar-refractivity contribution >= 4 is 5.97 Å². The first kappa shape index (κ1) is 12.5. The second-order valence-corrected chi connectivity index (χ2v) is 5.19. The Hall–Kier alpha value is -1.58. The number of halogens is 1. The zero-order valence-electron chi connectivity index (χ0n) is 11.0. The molecule has 4 heteroatoms. The zero-order valence-corrected chi connectivity index (χ0v) is 11.0. The van der Waals surface area contributed by atoms with Gasteiger partial charge in [0.05, 0.1) is 13.7 Å². The number of aryl methyl sites for hydroxylation is 1. The maximum atomic E-state index is 13.8. The van der Waals surface area contributed by atoms with Crippen molar-refractivity contribution in [3.63, 3.8) is 0 Å². The highest BCUT2D eigenvalue weighted by Gasteiger charge is 2.31. The lowest BCUT2D eigenvalue weighted by Crippen LogP contribution is -2.05. The Morgan fingerprint density at radius 2 is 2.37 bits per heavy atom. The molecule has 19 heavy (non-hydrogen) atoms. The van der Waals surface area contributed by atoms with Gasteiger partial charge in [0.2, 0.25) is 0 Å². The highest BCUT2D eigenvalue weighted by atomic mass is 19.1. The highest BCUT2D eigenvalue weighted by Crippen LogP contribution is 2.44. The second-order valence-electron chi connectivity index (χ2n) is 5.19. The Morgan fingerprint density at radius 3 is 3.16 bits per heavy atom. The number of hydrogen-bond acceptors (Lipinski definition) is 3. The molecule has 0 fully saturated rings. The molecule has 0 spiro atoms. The Balaban J connectivity index is 1.88. The lowest BCUT2D eigenvalue weighted by Gasteiger charge is -2.14. The fourth-order valence-electron chi connectivity index (χ4n) is 3.29. The van der Waals surface area contributed by atoms with Crippen molar-refractivity contribution < 1.29 is 18.7 Å². The van der Waals surface area contributed by atoms with E-state index in [0.29, 0.717) is 24.7 Å². The molecular weight excluding hydrogens is 247 g/mol. The molecule has 102 valence electrons. The van der Waals surface area contributed by atoms with Gasteiger partial charge in [-0.25, -0.2) is 4.39 Å². The van der Waals surface area contributed by atoms with E-state index < -0.39 is 0 Å². The quantitative estimate of drug-likeness (QED) is 0.787. The first-order valence-electron chi connectivity index (χ1n) is 6.74. The summed E-state index contributed by atoms with van der Waals surface area (Å²) in [7, 11) is 1.41. The number of esters is 1. The number of carbonyl (C=O) groups excluding carboxylic acids is 1. The van der Waals surface area contributed by atoms with Crippen molar-refractivity contribution in [3.8, 4) is 5.75 Å². The monoisotopic (exact) mass is 264 g/mol. The number of hydrogen-bond donors (Lipinski definition) is 0. The van der Waals surface area contributed by atoms with Gasteiger partial charge in [-0.3, -0.25) is 4.79 Å². The minimum atomic E-state index is -0.236. The minimum Gasteiger partial charge on any atom is -0.490 e. The summed E-state index contributed by atoms with van der Waals surface area (Å²) in [6.07, 6.45) is 3.86. The molecule has 1 atom stereocenters. The fourth-order valence-corrected chi connectivity index (χ4v) is 3.29. The molecule has 3 nitrogen and oxygen atoms in total. The van der Waals surface area contributed by atoms with Crippen LogP contribution in [0.15, 0.2) is 6.07 Å². The lowest BCUT2D eigenvalue weighted by molar-refractivity contribution is -0.140. The van der Waals surface area contributed by atoms with Crippen LogP contribution in [0.2, 0.25) is 0 Å². The van der Waals surface area contributed by atoms with Crippen LogP contribution >= 0.6 is 0 Å². The maximum absolute atomic E-state index is 13.8. The van der Waals surface area contributed by atoms with Crippen molar-refractivity contribution in [1.29, 1.82) is 0 Å². The molecule has 1 aliphatic carbocycles. The first-order chi connectivity index (χ1) is 9.20. The molecule has 0 aromatic heterocycles. The number of methoxy groups -OCH3 is 1. The lowest BCUT2D eigenvalue weighted by atomic mass is 9.91. The molecule has 0 saturated carbocycles. The van der Waals surface area contributed by atoms with Crippen LogP contribution in [0.4, 0.5) is 4.39 Å². The summed E-state index contributed by atoms with van der Waals surface area (Å²) in [6, 6.07) is 1.61. The summed E-state index contributed by atoms with van der Waals surface area (Å²) in [5.74, 6) is 0.359. The number of rotatable bonds is 3. The zero-order chi connectivity index (χ0) is 13.4. The van der Waals surface area contributed by atoms with E-state index in [-0.39, 0.29) is 11.8 Å². The molecular formula is C15H17FO3. The van der Waals surface area contributed by atoms with E-state index in [1.54, 1.807) is 6.07 Å². The Kier molecular flexibility index (Phi) is 3.17. The molecule has 2 aliphatic rings. The van der Waals surface area contributed by atoms with Crippen molar-refractivity contribution in [2.24, 2.45) is 0 Å². The van der Waals surface area contributed by atoms with Gasteiger partial charge >= 0.3 is 5.97 Å². The molecule has 1 aliphatic heterocycles. The van der Waals surface area contributed by atoms with Crippen LogP contribution in [0.5, 0.6) is 5.75 Å². The third kappa shape index (κ3) is 2.09. The van der Waals surface area contributed by atoms with Gasteiger partial charge < -0.3 is 9.47 Å². The molecule has 0 saturated heterocycles. The Labute approximate surface area is 111 Å². The molecule has 1 heterocycles. The smallest absolute Gasteiger partial charge is 0.305 e. The van der Waals surface area contributed by atoms with Gasteiger partial charge in [0.25, 0.3) is 0 Å². The summed E-state index contributed by atoms with van der Waals surface area (Å²) >= 11 is 0. The summed E-state index contributed by atoms with van der Waals surface area (Å²) in [4.78, 5) is 11.3. The largest absolute Gasteiger partial charge is 0.490 e. The standard InChI is InChI=1S/C15H17FO3/c1-18-13(17)5-4-9-2-3-10-8-12(16)15-11(14(9)10)6-7-19-15/h8-9H,2-7H2,1H3. The number of ether oxygens (including phenoxy) is 2. The van der Waals surface area contributed by atoms with Gasteiger partial charge in [0.15, 0.2) is 11.6 Å². The minimum absolute atomic E-state index is 0.177. The maximum Gasteiger partial charge on any atom is 0.305 e. The third-order valence-corrected chi connectivity index (χ3v) is 4.16. The van der Waals surface area contributed by atoms with E-state index in [4.69, 9.17) is 4.74 Å². The second kappa shape index (κ2) is 4.83. The topological polar surface area (TPSA) is 35.5 Å². The predicted octanol–water partition coefficient (Wildman–Crippen LogP) is 2.74. The van der Waals surface area contributed by atoms with Gasteiger partial charge in [0.1, 0.15) is 0 Å². The number of fused-ring (bicyclic) bond motifs is 3. The van der Waals surface area contributed by atoms with Crippen LogP contribution in [0.1, 0.15) is 41.9 Å². The van der Waals surface area contributed by atoms with Crippen LogP contribution < -0.4 is 4.74 Å². The van der Waals surface area contributed by atoms with E-state index in [1.165, 1.54) is 12.7 Å².